The van der Waals surface area contributed by atoms with E-state index in [4.69, 9.17) is 13.6 Å². The lowest BCUT2D eigenvalue weighted by molar-refractivity contribution is -0.0933. The van der Waals surface area contributed by atoms with Crippen LogP contribution in [0.15, 0.2) is 48.5 Å². The average molecular weight is 372 g/mol. The number of hydrogen-bond acceptors (Lipinski definition) is 4. The number of fused-ring (bicyclic) bond motifs is 3. The van der Waals surface area contributed by atoms with Crippen molar-refractivity contribution in [2.24, 2.45) is 5.41 Å². The second-order valence-electron chi connectivity index (χ2n) is 8.47. The van der Waals surface area contributed by atoms with Crippen molar-refractivity contribution >= 4 is 7.82 Å². The molecule has 0 amide bonds. The van der Waals surface area contributed by atoms with Gasteiger partial charge in [-0.05, 0) is 34.1 Å². The van der Waals surface area contributed by atoms with Gasteiger partial charge in [-0.25, -0.2) is 4.57 Å². The highest BCUT2D eigenvalue weighted by molar-refractivity contribution is 7.48. The molecule has 26 heavy (non-hydrogen) atoms. The van der Waals surface area contributed by atoms with Crippen molar-refractivity contribution < 1.29 is 18.1 Å². The van der Waals surface area contributed by atoms with Crippen LogP contribution in [0.4, 0.5) is 0 Å². The van der Waals surface area contributed by atoms with Gasteiger partial charge >= 0.3 is 7.82 Å². The van der Waals surface area contributed by atoms with E-state index < -0.39 is 7.82 Å². The third-order valence-electron chi connectivity index (χ3n) is 5.20. The highest BCUT2D eigenvalue weighted by Gasteiger charge is 2.50. The summed E-state index contributed by atoms with van der Waals surface area (Å²) in [4.78, 5) is 0. The molecule has 2 aromatic rings. The Kier molecular flexibility index (Phi) is 4.36. The highest BCUT2D eigenvalue weighted by Crippen LogP contribution is 2.60. The summed E-state index contributed by atoms with van der Waals surface area (Å²) in [6.07, 6.45) is 0.788. The van der Waals surface area contributed by atoms with Crippen LogP contribution in [0.5, 0.6) is 0 Å². The van der Waals surface area contributed by atoms with E-state index in [1.54, 1.807) is 0 Å². The molecular weight excluding hydrogens is 347 g/mol. The third-order valence-corrected chi connectivity index (χ3v) is 6.54. The van der Waals surface area contributed by atoms with E-state index in [1.807, 2.05) is 0 Å². The molecule has 0 spiro atoms. The molecule has 0 N–H and O–H groups in total. The van der Waals surface area contributed by atoms with E-state index >= 15 is 0 Å². The van der Waals surface area contributed by atoms with Gasteiger partial charge in [0.15, 0.2) is 0 Å². The van der Waals surface area contributed by atoms with Crippen LogP contribution in [0.2, 0.25) is 0 Å². The topological polar surface area (TPSA) is 44.8 Å². The molecule has 3 aliphatic heterocycles. The lowest BCUT2D eigenvalue weighted by Gasteiger charge is -2.44. The Bertz CT molecular complexity index is 803. The van der Waals surface area contributed by atoms with Gasteiger partial charge in [-0.15, -0.1) is 0 Å². The van der Waals surface area contributed by atoms with Crippen molar-refractivity contribution in [1.29, 1.82) is 0 Å². The highest BCUT2D eigenvalue weighted by atomic mass is 31.2. The Morgan fingerprint density at radius 1 is 0.846 bits per heavy atom. The molecule has 2 bridgehead atoms. The van der Waals surface area contributed by atoms with E-state index in [-0.39, 0.29) is 10.8 Å². The van der Waals surface area contributed by atoms with Crippen LogP contribution in [-0.4, -0.2) is 19.8 Å². The van der Waals surface area contributed by atoms with Crippen LogP contribution in [-0.2, 0) is 30.0 Å². The molecule has 0 aliphatic carbocycles. The Labute approximate surface area is 155 Å². The van der Waals surface area contributed by atoms with E-state index in [9.17, 15) is 4.57 Å². The molecule has 0 aromatic heterocycles. The standard InChI is InChI=1S/C21H25O4P/c1-20(2,3)19-10-8-18(9-11-19)17-6-4-16(5-7-17)12-21-13-23-26(22,24-14-21)25-15-21/h4-11H,12-15H2,1-3H3. The predicted molar refractivity (Wildman–Crippen MR) is 102 cm³/mol. The fourth-order valence-corrected chi connectivity index (χ4v) is 4.97. The molecule has 0 unspecified atom stereocenters. The first-order chi connectivity index (χ1) is 12.3. The molecule has 0 radical (unpaired) electrons. The van der Waals surface area contributed by atoms with Crippen LogP contribution < -0.4 is 0 Å². The molecule has 5 heteroatoms. The zero-order valence-corrected chi connectivity index (χ0v) is 16.4. The number of hydrogen-bond donors (Lipinski definition) is 0. The first kappa shape index (κ1) is 17.9. The summed E-state index contributed by atoms with van der Waals surface area (Å²) in [5, 5.41) is 0. The zero-order valence-electron chi connectivity index (χ0n) is 15.5. The Morgan fingerprint density at radius 2 is 1.31 bits per heavy atom. The molecule has 2 aromatic carbocycles. The van der Waals surface area contributed by atoms with Crippen LogP contribution in [0.25, 0.3) is 11.1 Å². The minimum Gasteiger partial charge on any atom is -0.286 e. The van der Waals surface area contributed by atoms with Crippen LogP contribution in [0.3, 0.4) is 0 Å². The quantitative estimate of drug-likeness (QED) is 0.680. The summed E-state index contributed by atoms with van der Waals surface area (Å²) < 4.78 is 27.7. The Hall–Kier alpha value is -1.45. The van der Waals surface area contributed by atoms with Crippen molar-refractivity contribution in [2.75, 3.05) is 19.8 Å². The molecule has 138 valence electrons. The van der Waals surface area contributed by atoms with Crippen LogP contribution in [0.1, 0.15) is 31.9 Å². The summed E-state index contributed by atoms with van der Waals surface area (Å²) in [7, 11) is -3.24. The normalized spacial score (nSPS) is 28.3. The van der Waals surface area contributed by atoms with Gasteiger partial charge in [-0.2, -0.15) is 0 Å². The third kappa shape index (κ3) is 3.52. The second kappa shape index (κ2) is 6.31. The summed E-state index contributed by atoms with van der Waals surface area (Å²) in [5.41, 5.74) is 4.89. The van der Waals surface area contributed by atoms with Crippen molar-refractivity contribution in [3.05, 3.63) is 59.7 Å². The zero-order chi connectivity index (χ0) is 18.4. The van der Waals surface area contributed by atoms with Crippen molar-refractivity contribution in [1.82, 2.24) is 0 Å². The summed E-state index contributed by atoms with van der Waals surface area (Å²) in [6.45, 7) is 7.97. The summed E-state index contributed by atoms with van der Waals surface area (Å²) in [5.74, 6) is 0. The largest absolute Gasteiger partial charge is 0.474 e. The molecular formula is C21H25O4P. The molecule has 4 nitrogen and oxygen atoms in total. The number of phosphoric ester groups is 1. The second-order valence-corrected chi connectivity index (χ2v) is 10.1. The van der Waals surface area contributed by atoms with Crippen molar-refractivity contribution in [3.63, 3.8) is 0 Å². The fourth-order valence-electron chi connectivity index (χ4n) is 3.45. The molecule has 5 rings (SSSR count). The van der Waals surface area contributed by atoms with Crippen molar-refractivity contribution in [2.45, 2.75) is 32.6 Å². The van der Waals surface area contributed by atoms with Gasteiger partial charge < -0.3 is 0 Å². The maximum absolute atomic E-state index is 11.9. The molecule has 0 atom stereocenters. The smallest absolute Gasteiger partial charge is 0.286 e. The molecule has 3 aliphatic rings. The van der Waals surface area contributed by atoms with E-state index in [0.717, 1.165) is 6.42 Å². The van der Waals surface area contributed by atoms with E-state index in [2.05, 4.69) is 69.3 Å². The van der Waals surface area contributed by atoms with Gasteiger partial charge in [0, 0.05) is 5.41 Å². The molecule has 3 saturated heterocycles. The molecule has 3 heterocycles. The predicted octanol–water partition coefficient (Wildman–Crippen LogP) is 5.37. The lowest BCUT2D eigenvalue weighted by Crippen LogP contribution is -2.46. The number of rotatable bonds is 3. The minimum atomic E-state index is -3.24. The SMILES string of the molecule is CC(C)(C)c1ccc(-c2ccc(CC34COP(=O)(OC3)OC4)cc2)cc1. The van der Waals surface area contributed by atoms with Gasteiger partial charge in [-0.3, -0.25) is 13.6 Å². The average Bonchev–Trinajstić information content (AvgIpc) is 2.63. The summed E-state index contributed by atoms with van der Waals surface area (Å²) in [6, 6.07) is 17.4. The maximum Gasteiger partial charge on any atom is 0.474 e. The minimum absolute atomic E-state index is 0.165. The van der Waals surface area contributed by atoms with Gasteiger partial charge in [-0.1, -0.05) is 69.3 Å². The monoisotopic (exact) mass is 372 g/mol. The molecule has 3 fully saturated rings. The molecule has 0 saturated carbocycles. The fraction of sp³-hybridized carbons (Fsp3) is 0.429. The van der Waals surface area contributed by atoms with Crippen LogP contribution in [0, 0.1) is 5.41 Å². The van der Waals surface area contributed by atoms with Gasteiger partial charge in [0.25, 0.3) is 0 Å². The van der Waals surface area contributed by atoms with Crippen LogP contribution >= 0.6 is 7.82 Å². The number of phosphoric acid groups is 1. The van der Waals surface area contributed by atoms with Crippen molar-refractivity contribution in [3.8, 4) is 11.1 Å². The Morgan fingerprint density at radius 3 is 1.77 bits per heavy atom. The van der Waals surface area contributed by atoms with Gasteiger partial charge in [0.05, 0.1) is 19.8 Å². The van der Waals surface area contributed by atoms with Gasteiger partial charge in [0.2, 0.25) is 0 Å². The lowest BCUT2D eigenvalue weighted by atomic mass is 9.83. The van der Waals surface area contributed by atoms with E-state index in [0.29, 0.717) is 19.8 Å². The van der Waals surface area contributed by atoms with Gasteiger partial charge in [0.1, 0.15) is 0 Å². The first-order valence-corrected chi connectivity index (χ1v) is 10.5. The Balaban J connectivity index is 1.48. The summed E-state index contributed by atoms with van der Waals surface area (Å²) >= 11 is 0. The van der Waals surface area contributed by atoms with E-state index in [1.165, 1.54) is 22.3 Å². The maximum atomic E-state index is 11.9. The first-order valence-electron chi connectivity index (χ1n) is 9.01. The number of benzene rings is 2.